The Hall–Kier alpha value is -1.87. The summed E-state index contributed by atoms with van der Waals surface area (Å²) in [5.74, 6) is 0.271. The number of hydrogen-bond donors (Lipinski definition) is 1. The number of benzene rings is 2. The molecule has 1 fully saturated rings. The molecular weight excluding hydrogens is 267 g/mol. The molecule has 0 saturated heterocycles. The SMILES string of the molecule is COc1ccc(C(O)c2ccccc2C2CCC2)cc1F. The van der Waals surface area contributed by atoms with Crippen molar-refractivity contribution in [3.63, 3.8) is 0 Å². The van der Waals surface area contributed by atoms with E-state index < -0.39 is 11.9 Å². The number of aliphatic hydroxyl groups excluding tert-OH is 1. The number of methoxy groups -OCH3 is 1. The summed E-state index contributed by atoms with van der Waals surface area (Å²) < 4.78 is 18.7. The van der Waals surface area contributed by atoms with Crippen LogP contribution in [0.5, 0.6) is 5.75 Å². The molecule has 0 radical (unpaired) electrons. The summed E-state index contributed by atoms with van der Waals surface area (Å²) in [6.07, 6.45) is 2.77. The van der Waals surface area contributed by atoms with Crippen LogP contribution >= 0.6 is 0 Å². The molecule has 3 rings (SSSR count). The average Bonchev–Trinajstić information content (AvgIpc) is 2.45. The summed E-state index contributed by atoms with van der Waals surface area (Å²) >= 11 is 0. The van der Waals surface area contributed by atoms with Gasteiger partial charge in [0.05, 0.1) is 7.11 Å². The molecule has 0 aliphatic heterocycles. The second-order valence-electron chi connectivity index (χ2n) is 5.55. The highest BCUT2D eigenvalue weighted by atomic mass is 19.1. The Morgan fingerprint density at radius 3 is 2.57 bits per heavy atom. The topological polar surface area (TPSA) is 29.5 Å². The molecule has 0 spiro atoms. The highest BCUT2D eigenvalue weighted by molar-refractivity contribution is 5.40. The van der Waals surface area contributed by atoms with E-state index in [2.05, 4.69) is 6.07 Å². The fourth-order valence-corrected chi connectivity index (χ4v) is 2.88. The molecule has 21 heavy (non-hydrogen) atoms. The van der Waals surface area contributed by atoms with Gasteiger partial charge in [0.25, 0.3) is 0 Å². The van der Waals surface area contributed by atoms with Crippen LogP contribution in [-0.4, -0.2) is 12.2 Å². The second-order valence-corrected chi connectivity index (χ2v) is 5.55. The van der Waals surface area contributed by atoms with Gasteiger partial charge in [-0.1, -0.05) is 36.8 Å². The van der Waals surface area contributed by atoms with E-state index in [0.29, 0.717) is 11.5 Å². The predicted octanol–water partition coefficient (Wildman–Crippen LogP) is 4.18. The Labute approximate surface area is 124 Å². The summed E-state index contributed by atoms with van der Waals surface area (Å²) in [4.78, 5) is 0. The van der Waals surface area contributed by atoms with Gasteiger partial charge >= 0.3 is 0 Å². The van der Waals surface area contributed by atoms with Crippen molar-refractivity contribution < 1.29 is 14.2 Å². The van der Waals surface area contributed by atoms with Crippen molar-refractivity contribution in [1.82, 2.24) is 0 Å². The third-order valence-electron chi connectivity index (χ3n) is 4.33. The van der Waals surface area contributed by atoms with E-state index >= 15 is 0 Å². The molecule has 0 bridgehead atoms. The van der Waals surface area contributed by atoms with Crippen LogP contribution in [0.15, 0.2) is 42.5 Å². The van der Waals surface area contributed by atoms with Crippen molar-refractivity contribution >= 4 is 0 Å². The molecule has 1 saturated carbocycles. The Balaban J connectivity index is 1.94. The fourth-order valence-electron chi connectivity index (χ4n) is 2.88. The van der Waals surface area contributed by atoms with Gasteiger partial charge in [0, 0.05) is 0 Å². The third-order valence-corrected chi connectivity index (χ3v) is 4.33. The molecule has 1 aliphatic carbocycles. The van der Waals surface area contributed by atoms with Crippen molar-refractivity contribution in [3.05, 3.63) is 65.0 Å². The van der Waals surface area contributed by atoms with Crippen molar-refractivity contribution in [3.8, 4) is 5.75 Å². The highest BCUT2D eigenvalue weighted by Gasteiger charge is 2.25. The first kappa shape index (κ1) is 14.1. The molecule has 1 N–H and O–H groups in total. The van der Waals surface area contributed by atoms with Gasteiger partial charge < -0.3 is 9.84 Å². The summed E-state index contributed by atoms with van der Waals surface area (Å²) in [5.41, 5.74) is 2.62. The minimum atomic E-state index is -0.804. The number of aliphatic hydroxyl groups is 1. The Morgan fingerprint density at radius 2 is 1.95 bits per heavy atom. The maximum atomic E-state index is 13.8. The van der Waals surface area contributed by atoms with Crippen LogP contribution in [0.25, 0.3) is 0 Å². The van der Waals surface area contributed by atoms with E-state index in [1.807, 2.05) is 18.2 Å². The quantitative estimate of drug-likeness (QED) is 0.913. The maximum absolute atomic E-state index is 13.8. The van der Waals surface area contributed by atoms with Crippen molar-refractivity contribution in [2.45, 2.75) is 31.3 Å². The van der Waals surface area contributed by atoms with Gasteiger partial charge in [-0.3, -0.25) is 0 Å². The summed E-state index contributed by atoms with van der Waals surface area (Å²) in [7, 11) is 1.43. The molecular formula is C18H19FO2. The van der Waals surface area contributed by atoms with E-state index in [-0.39, 0.29) is 5.75 Å². The lowest BCUT2D eigenvalue weighted by molar-refractivity contribution is 0.216. The van der Waals surface area contributed by atoms with E-state index in [9.17, 15) is 9.50 Å². The molecule has 0 amide bonds. The van der Waals surface area contributed by atoms with Crippen molar-refractivity contribution in [2.75, 3.05) is 7.11 Å². The van der Waals surface area contributed by atoms with Gasteiger partial charge in [-0.25, -0.2) is 4.39 Å². The number of rotatable bonds is 4. The smallest absolute Gasteiger partial charge is 0.165 e. The van der Waals surface area contributed by atoms with Crippen LogP contribution in [0, 0.1) is 5.82 Å². The van der Waals surface area contributed by atoms with Gasteiger partial charge in [-0.05, 0) is 47.6 Å². The van der Waals surface area contributed by atoms with E-state index in [1.54, 1.807) is 12.1 Å². The largest absolute Gasteiger partial charge is 0.494 e. The molecule has 3 heteroatoms. The maximum Gasteiger partial charge on any atom is 0.165 e. The molecule has 2 aromatic rings. The lowest BCUT2D eigenvalue weighted by atomic mass is 9.77. The van der Waals surface area contributed by atoms with Crippen LogP contribution in [0.4, 0.5) is 4.39 Å². The predicted molar refractivity (Wildman–Crippen MR) is 80.0 cm³/mol. The van der Waals surface area contributed by atoms with Crippen LogP contribution < -0.4 is 4.74 Å². The first-order chi connectivity index (χ1) is 10.2. The normalized spacial score (nSPS) is 16.3. The minimum absolute atomic E-state index is 0.193. The molecule has 1 atom stereocenters. The van der Waals surface area contributed by atoms with Gasteiger partial charge in [0.15, 0.2) is 11.6 Å². The molecule has 1 unspecified atom stereocenters. The molecule has 0 heterocycles. The van der Waals surface area contributed by atoms with Crippen LogP contribution in [0.2, 0.25) is 0 Å². The fraction of sp³-hybridized carbons (Fsp3) is 0.333. The van der Waals surface area contributed by atoms with Crippen LogP contribution in [0.1, 0.15) is 48.0 Å². The molecule has 2 nitrogen and oxygen atoms in total. The van der Waals surface area contributed by atoms with Crippen molar-refractivity contribution in [1.29, 1.82) is 0 Å². The Kier molecular flexibility index (Phi) is 3.93. The number of ether oxygens (including phenoxy) is 1. The summed E-state index contributed by atoms with van der Waals surface area (Å²) in [6, 6.07) is 12.5. The summed E-state index contributed by atoms with van der Waals surface area (Å²) in [6.45, 7) is 0. The minimum Gasteiger partial charge on any atom is -0.494 e. The van der Waals surface area contributed by atoms with Gasteiger partial charge in [-0.2, -0.15) is 0 Å². The van der Waals surface area contributed by atoms with E-state index in [4.69, 9.17) is 4.74 Å². The first-order valence-electron chi connectivity index (χ1n) is 7.31. The van der Waals surface area contributed by atoms with E-state index in [1.165, 1.54) is 38.0 Å². The van der Waals surface area contributed by atoms with Crippen LogP contribution in [0.3, 0.4) is 0 Å². The van der Waals surface area contributed by atoms with Gasteiger partial charge in [-0.15, -0.1) is 0 Å². The zero-order valence-electron chi connectivity index (χ0n) is 12.1. The average molecular weight is 286 g/mol. The summed E-state index contributed by atoms with van der Waals surface area (Å²) in [5, 5.41) is 10.6. The zero-order valence-corrected chi connectivity index (χ0v) is 12.1. The van der Waals surface area contributed by atoms with Gasteiger partial charge in [0.1, 0.15) is 6.10 Å². The molecule has 110 valence electrons. The third kappa shape index (κ3) is 2.66. The Bertz CT molecular complexity index is 635. The molecule has 0 aromatic heterocycles. The van der Waals surface area contributed by atoms with Crippen molar-refractivity contribution in [2.24, 2.45) is 0 Å². The molecule has 2 aromatic carbocycles. The highest BCUT2D eigenvalue weighted by Crippen LogP contribution is 2.40. The second kappa shape index (κ2) is 5.86. The molecule has 1 aliphatic rings. The standard InChI is InChI=1S/C18H19FO2/c1-21-17-10-9-13(11-16(17)19)18(20)15-8-3-2-7-14(15)12-5-4-6-12/h2-3,7-12,18,20H,4-6H2,1H3. The first-order valence-corrected chi connectivity index (χ1v) is 7.31. The lowest BCUT2D eigenvalue weighted by Crippen LogP contribution is -2.13. The van der Waals surface area contributed by atoms with Gasteiger partial charge in [0.2, 0.25) is 0 Å². The number of hydrogen-bond acceptors (Lipinski definition) is 2. The van der Waals surface area contributed by atoms with E-state index in [0.717, 1.165) is 5.56 Å². The Morgan fingerprint density at radius 1 is 1.19 bits per heavy atom. The van der Waals surface area contributed by atoms with Crippen LogP contribution in [-0.2, 0) is 0 Å². The monoisotopic (exact) mass is 286 g/mol. The lowest BCUT2D eigenvalue weighted by Gasteiger charge is -2.29. The number of halogens is 1. The zero-order chi connectivity index (χ0) is 14.8.